The van der Waals surface area contributed by atoms with Gasteiger partial charge in [-0.3, -0.25) is 0 Å². The first-order chi connectivity index (χ1) is 10.2. The maximum absolute atomic E-state index is 11.1. The predicted octanol–water partition coefficient (Wildman–Crippen LogP) is 3.15. The summed E-state index contributed by atoms with van der Waals surface area (Å²) < 4.78 is 5.12. The lowest BCUT2D eigenvalue weighted by atomic mass is 10.1. The second-order valence-corrected chi connectivity index (χ2v) is 4.74. The molecule has 5 heteroatoms. The molecule has 0 atom stereocenters. The van der Waals surface area contributed by atoms with Crippen LogP contribution in [0.4, 0.5) is 0 Å². The van der Waals surface area contributed by atoms with E-state index in [4.69, 9.17) is 9.84 Å². The number of halogens is 1. The van der Waals surface area contributed by atoms with Crippen LogP contribution in [0.5, 0.6) is 5.75 Å². The molecule has 0 aliphatic heterocycles. The van der Waals surface area contributed by atoms with Gasteiger partial charge in [0.25, 0.3) is 0 Å². The van der Waals surface area contributed by atoms with E-state index in [-0.39, 0.29) is 12.4 Å². The van der Waals surface area contributed by atoms with E-state index in [2.05, 4.69) is 5.32 Å². The number of rotatable bonds is 7. The van der Waals surface area contributed by atoms with Gasteiger partial charge in [0.1, 0.15) is 5.75 Å². The van der Waals surface area contributed by atoms with E-state index in [1.165, 1.54) is 5.56 Å². The van der Waals surface area contributed by atoms with E-state index in [1.807, 2.05) is 36.4 Å². The fourth-order valence-corrected chi connectivity index (χ4v) is 2.13. The Kier molecular flexibility index (Phi) is 7.43. The number of carboxylic acid groups (broad SMARTS) is 1. The minimum absolute atomic E-state index is 0. The van der Waals surface area contributed by atoms with Gasteiger partial charge in [0.2, 0.25) is 0 Å². The van der Waals surface area contributed by atoms with Gasteiger partial charge in [-0.1, -0.05) is 30.3 Å². The third-order valence-corrected chi connectivity index (χ3v) is 3.31. The molecule has 0 aliphatic carbocycles. The summed E-state index contributed by atoms with van der Waals surface area (Å²) in [6.07, 6.45) is 0.888. The van der Waals surface area contributed by atoms with E-state index >= 15 is 0 Å². The molecule has 0 fully saturated rings. The lowest BCUT2D eigenvalue weighted by molar-refractivity contribution is 0.0695. The molecular formula is C17H20ClNO3. The van der Waals surface area contributed by atoms with Gasteiger partial charge < -0.3 is 15.2 Å². The average molecular weight is 322 g/mol. The zero-order valence-corrected chi connectivity index (χ0v) is 13.2. The summed E-state index contributed by atoms with van der Waals surface area (Å²) in [5.41, 5.74) is 2.38. The number of hydrogen-bond donors (Lipinski definition) is 2. The Morgan fingerprint density at radius 1 is 1.14 bits per heavy atom. The highest BCUT2D eigenvalue weighted by molar-refractivity contribution is 5.89. The second kappa shape index (κ2) is 9.07. The summed E-state index contributed by atoms with van der Waals surface area (Å²) in [6, 6.07) is 15.0. The summed E-state index contributed by atoms with van der Waals surface area (Å²) in [5, 5.41) is 12.4. The third-order valence-electron chi connectivity index (χ3n) is 3.31. The molecular weight excluding hydrogens is 302 g/mol. The molecule has 0 unspecified atom stereocenters. The average Bonchev–Trinajstić information content (AvgIpc) is 2.52. The Morgan fingerprint density at radius 2 is 1.82 bits per heavy atom. The second-order valence-electron chi connectivity index (χ2n) is 4.74. The summed E-state index contributed by atoms with van der Waals surface area (Å²) >= 11 is 0. The quantitative estimate of drug-likeness (QED) is 0.769. The highest BCUT2D eigenvalue weighted by Crippen LogP contribution is 2.12. The van der Waals surface area contributed by atoms with Gasteiger partial charge in [0.05, 0.1) is 12.7 Å². The molecule has 0 radical (unpaired) electrons. The monoisotopic (exact) mass is 321 g/mol. The molecule has 0 heterocycles. The largest absolute Gasteiger partial charge is 0.497 e. The van der Waals surface area contributed by atoms with Gasteiger partial charge >= 0.3 is 5.97 Å². The van der Waals surface area contributed by atoms with E-state index in [0.717, 1.165) is 24.3 Å². The molecule has 0 saturated carbocycles. The zero-order valence-electron chi connectivity index (χ0n) is 12.4. The molecule has 2 rings (SSSR count). The van der Waals surface area contributed by atoms with Crippen molar-refractivity contribution < 1.29 is 14.6 Å². The van der Waals surface area contributed by atoms with Crippen LogP contribution in [0.25, 0.3) is 0 Å². The lowest BCUT2D eigenvalue weighted by Crippen LogP contribution is -2.18. The summed E-state index contributed by atoms with van der Waals surface area (Å²) in [6.45, 7) is 1.35. The molecule has 2 aromatic rings. The van der Waals surface area contributed by atoms with Gasteiger partial charge in [0.15, 0.2) is 0 Å². The van der Waals surface area contributed by atoms with Crippen molar-refractivity contribution in [3.05, 3.63) is 65.2 Å². The van der Waals surface area contributed by atoms with Crippen LogP contribution in [0.2, 0.25) is 0 Å². The number of ether oxygens (including phenoxy) is 1. The molecule has 0 bridgehead atoms. The maximum atomic E-state index is 11.1. The minimum Gasteiger partial charge on any atom is -0.497 e. The summed E-state index contributed by atoms with van der Waals surface area (Å²) in [4.78, 5) is 11.1. The molecule has 0 amide bonds. The van der Waals surface area contributed by atoms with Gasteiger partial charge in [0, 0.05) is 6.54 Å². The molecule has 0 spiro atoms. The first-order valence-corrected chi connectivity index (χ1v) is 6.85. The van der Waals surface area contributed by atoms with E-state index in [9.17, 15) is 4.79 Å². The Bertz CT molecular complexity index is 599. The number of carboxylic acids is 1. The number of aromatic carboxylic acids is 1. The van der Waals surface area contributed by atoms with Crippen LogP contribution in [0, 0.1) is 0 Å². The van der Waals surface area contributed by atoms with Crippen molar-refractivity contribution in [2.45, 2.75) is 13.0 Å². The SMILES string of the molecule is COc1ccc(CCNCc2ccccc2C(=O)O)cc1.Cl. The molecule has 0 saturated heterocycles. The van der Waals surface area contributed by atoms with Crippen molar-refractivity contribution in [3.63, 3.8) is 0 Å². The van der Waals surface area contributed by atoms with Crippen molar-refractivity contribution in [3.8, 4) is 5.75 Å². The van der Waals surface area contributed by atoms with Gasteiger partial charge in [-0.05, 0) is 42.3 Å². The van der Waals surface area contributed by atoms with Crippen LogP contribution in [-0.4, -0.2) is 24.7 Å². The topological polar surface area (TPSA) is 58.6 Å². The normalized spacial score (nSPS) is 9.86. The van der Waals surface area contributed by atoms with Gasteiger partial charge in [-0.15, -0.1) is 12.4 Å². The predicted molar refractivity (Wildman–Crippen MR) is 89.1 cm³/mol. The maximum Gasteiger partial charge on any atom is 0.336 e. The summed E-state index contributed by atoms with van der Waals surface area (Å²) in [7, 11) is 1.65. The first-order valence-electron chi connectivity index (χ1n) is 6.85. The lowest BCUT2D eigenvalue weighted by Gasteiger charge is -2.08. The number of nitrogens with one attached hydrogen (secondary N) is 1. The van der Waals surface area contributed by atoms with Crippen LogP contribution < -0.4 is 10.1 Å². The number of benzene rings is 2. The Balaban J connectivity index is 0.00000242. The highest BCUT2D eigenvalue weighted by Gasteiger charge is 2.07. The Hall–Kier alpha value is -2.04. The molecule has 4 nitrogen and oxygen atoms in total. The number of hydrogen-bond acceptors (Lipinski definition) is 3. The third kappa shape index (κ3) is 5.06. The molecule has 0 aliphatic rings. The van der Waals surface area contributed by atoms with E-state index in [1.54, 1.807) is 19.2 Å². The summed E-state index contributed by atoms with van der Waals surface area (Å²) in [5.74, 6) is -0.0374. The molecule has 118 valence electrons. The van der Waals surface area contributed by atoms with Crippen molar-refractivity contribution in [1.29, 1.82) is 0 Å². The highest BCUT2D eigenvalue weighted by atomic mass is 35.5. The standard InChI is InChI=1S/C17H19NO3.ClH/c1-21-15-8-6-13(7-9-15)10-11-18-12-14-4-2-3-5-16(14)17(19)20;/h2-9,18H,10-12H2,1H3,(H,19,20);1H. The number of carbonyl (C=O) groups is 1. The van der Waals surface area contributed by atoms with E-state index in [0.29, 0.717) is 12.1 Å². The fraction of sp³-hybridized carbons (Fsp3) is 0.235. The minimum atomic E-state index is -0.887. The van der Waals surface area contributed by atoms with Crippen LogP contribution in [0.1, 0.15) is 21.5 Å². The molecule has 2 N–H and O–H groups in total. The zero-order chi connectivity index (χ0) is 15.1. The van der Waals surface area contributed by atoms with Crippen LogP contribution >= 0.6 is 12.4 Å². The van der Waals surface area contributed by atoms with Crippen molar-refractivity contribution >= 4 is 18.4 Å². The molecule has 0 aromatic heterocycles. The van der Waals surface area contributed by atoms with Crippen molar-refractivity contribution in [1.82, 2.24) is 5.32 Å². The van der Waals surface area contributed by atoms with Crippen molar-refractivity contribution in [2.24, 2.45) is 0 Å². The fourth-order valence-electron chi connectivity index (χ4n) is 2.13. The van der Waals surface area contributed by atoms with E-state index < -0.39 is 5.97 Å². The number of methoxy groups -OCH3 is 1. The van der Waals surface area contributed by atoms with Gasteiger partial charge in [-0.25, -0.2) is 4.79 Å². The van der Waals surface area contributed by atoms with Crippen LogP contribution in [0.3, 0.4) is 0 Å². The Labute approximate surface area is 136 Å². The molecule has 2 aromatic carbocycles. The Morgan fingerprint density at radius 3 is 2.45 bits per heavy atom. The van der Waals surface area contributed by atoms with Crippen molar-refractivity contribution in [2.75, 3.05) is 13.7 Å². The van der Waals surface area contributed by atoms with Crippen LogP contribution in [0.15, 0.2) is 48.5 Å². The van der Waals surface area contributed by atoms with Gasteiger partial charge in [-0.2, -0.15) is 0 Å². The first kappa shape index (κ1) is 18.0. The van der Waals surface area contributed by atoms with Crippen LogP contribution in [-0.2, 0) is 13.0 Å². The smallest absolute Gasteiger partial charge is 0.336 e. The molecule has 22 heavy (non-hydrogen) atoms.